The Kier molecular flexibility index (Phi) is 6.74. The molecule has 0 fully saturated rings. The van der Waals surface area contributed by atoms with Gasteiger partial charge in [0.2, 0.25) is 0 Å². The van der Waals surface area contributed by atoms with Crippen molar-refractivity contribution in [2.45, 2.75) is 59.8 Å². The maximum absolute atomic E-state index is 9.69. The van der Waals surface area contributed by atoms with E-state index in [4.69, 9.17) is 11.6 Å². The van der Waals surface area contributed by atoms with Gasteiger partial charge in [-0.25, -0.2) is 0 Å². The molecule has 2 rings (SSSR count). The van der Waals surface area contributed by atoms with Crippen LogP contribution in [0.1, 0.15) is 62.8 Å². The first kappa shape index (κ1) is 20.4. The number of phenolic OH excluding ortho intramolecular Hbond substituents is 2. The third-order valence-electron chi connectivity index (χ3n) is 4.05. The highest BCUT2D eigenvalue weighted by Crippen LogP contribution is 2.34. The number of aryl methyl sites for hydroxylation is 1. The molecule has 0 atom stereocenters. The van der Waals surface area contributed by atoms with Gasteiger partial charge in [-0.15, -0.1) is 0 Å². The molecule has 0 aromatic heterocycles. The van der Waals surface area contributed by atoms with Crippen molar-refractivity contribution < 1.29 is 10.2 Å². The van der Waals surface area contributed by atoms with Crippen LogP contribution >= 0.6 is 11.6 Å². The van der Waals surface area contributed by atoms with Crippen LogP contribution in [0.3, 0.4) is 0 Å². The Bertz CT molecular complexity index is 698. The van der Waals surface area contributed by atoms with Crippen molar-refractivity contribution in [2.75, 3.05) is 0 Å². The van der Waals surface area contributed by atoms with E-state index in [2.05, 4.69) is 19.9 Å². The molecule has 2 nitrogen and oxygen atoms in total. The van der Waals surface area contributed by atoms with E-state index in [0.29, 0.717) is 22.4 Å². The predicted octanol–water partition coefficient (Wildman–Crippen LogP) is 6.48. The number of phenols is 2. The molecule has 0 bridgehead atoms. The fourth-order valence-corrected chi connectivity index (χ4v) is 2.70. The number of hydrogen-bond donors (Lipinski definition) is 2. The quantitative estimate of drug-likeness (QED) is 0.619. The second-order valence-electron chi connectivity index (χ2n) is 7.51. The molecule has 2 N–H and O–H groups in total. The molecule has 0 radical (unpaired) electrons. The fraction of sp³-hybridized carbons (Fsp3) is 0.429. The van der Waals surface area contributed by atoms with Crippen LogP contribution in [0.4, 0.5) is 0 Å². The highest BCUT2D eigenvalue weighted by molar-refractivity contribution is 6.31. The van der Waals surface area contributed by atoms with Crippen molar-refractivity contribution in [3.8, 4) is 11.5 Å². The summed E-state index contributed by atoms with van der Waals surface area (Å²) in [4.78, 5) is 0. The molecule has 0 aliphatic rings. The Hall–Kier alpha value is -1.67. The summed E-state index contributed by atoms with van der Waals surface area (Å²) in [6.45, 7) is 14.2. The molecule has 0 heterocycles. The maximum atomic E-state index is 9.69. The Morgan fingerprint density at radius 3 is 2.00 bits per heavy atom. The fourth-order valence-electron chi connectivity index (χ4n) is 2.53. The maximum Gasteiger partial charge on any atom is 0.119 e. The highest BCUT2D eigenvalue weighted by Gasteiger charge is 2.18. The second kappa shape index (κ2) is 7.94. The Balaban J connectivity index is 0.000000243. The lowest BCUT2D eigenvalue weighted by Crippen LogP contribution is -2.11. The van der Waals surface area contributed by atoms with Crippen molar-refractivity contribution in [3.05, 3.63) is 57.6 Å². The summed E-state index contributed by atoms with van der Waals surface area (Å²) in [6.07, 6.45) is 0. The summed E-state index contributed by atoms with van der Waals surface area (Å²) in [5, 5.41) is 19.8. The van der Waals surface area contributed by atoms with E-state index in [-0.39, 0.29) is 5.41 Å². The van der Waals surface area contributed by atoms with E-state index in [1.807, 2.05) is 46.8 Å². The van der Waals surface area contributed by atoms with Crippen LogP contribution in [0, 0.1) is 13.8 Å². The third-order valence-corrected chi connectivity index (χ3v) is 4.46. The summed E-state index contributed by atoms with van der Waals surface area (Å²) in [7, 11) is 0. The van der Waals surface area contributed by atoms with E-state index >= 15 is 0 Å². The molecule has 2 aromatic rings. The van der Waals surface area contributed by atoms with Crippen molar-refractivity contribution in [1.82, 2.24) is 0 Å². The standard InChI is InChI=1S/C11H15ClO.C10H14O/c1-7-5-10(13)8(6-9(7)12)11(2,3)4;1-7(2)9-5-4-6-10(11)8(9)3/h5-6,13H,1-4H3;4-7,11H,1-3H3. The average Bonchev–Trinajstić information content (AvgIpc) is 2.45. The summed E-state index contributed by atoms with van der Waals surface area (Å²) >= 11 is 5.98. The van der Waals surface area contributed by atoms with Gasteiger partial charge in [-0.3, -0.25) is 0 Å². The van der Waals surface area contributed by atoms with Crippen LogP contribution in [-0.2, 0) is 5.41 Å². The first-order valence-electron chi connectivity index (χ1n) is 8.23. The molecule has 0 aliphatic carbocycles. The lowest BCUT2D eigenvalue weighted by Gasteiger charge is -2.21. The Morgan fingerprint density at radius 1 is 0.958 bits per heavy atom. The van der Waals surface area contributed by atoms with Gasteiger partial charge in [0, 0.05) is 10.6 Å². The first-order chi connectivity index (χ1) is 10.9. The van der Waals surface area contributed by atoms with Gasteiger partial charge in [-0.2, -0.15) is 0 Å². The summed E-state index contributed by atoms with van der Waals surface area (Å²) in [5.74, 6) is 1.22. The van der Waals surface area contributed by atoms with Gasteiger partial charge < -0.3 is 10.2 Å². The molecule has 3 heteroatoms. The van der Waals surface area contributed by atoms with Crippen LogP contribution in [0.15, 0.2) is 30.3 Å². The van der Waals surface area contributed by atoms with Crippen LogP contribution in [-0.4, -0.2) is 10.2 Å². The van der Waals surface area contributed by atoms with E-state index in [0.717, 1.165) is 16.7 Å². The van der Waals surface area contributed by atoms with Crippen molar-refractivity contribution >= 4 is 11.6 Å². The van der Waals surface area contributed by atoms with Crippen LogP contribution in [0.25, 0.3) is 0 Å². The van der Waals surface area contributed by atoms with Gasteiger partial charge in [0.05, 0.1) is 0 Å². The zero-order valence-corrected chi connectivity index (χ0v) is 16.5. The molecule has 0 aliphatic heterocycles. The van der Waals surface area contributed by atoms with Crippen molar-refractivity contribution in [1.29, 1.82) is 0 Å². The normalized spacial score (nSPS) is 11.2. The molecule has 2 aromatic carbocycles. The van der Waals surface area contributed by atoms with E-state index < -0.39 is 0 Å². The molecular weight excluding hydrogens is 320 g/mol. The minimum atomic E-state index is -0.0680. The smallest absolute Gasteiger partial charge is 0.119 e. The number of hydrogen-bond acceptors (Lipinski definition) is 2. The van der Waals surface area contributed by atoms with Crippen molar-refractivity contribution in [3.63, 3.8) is 0 Å². The first-order valence-corrected chi connectivity index (χ1v) is 8.61. The molecule has 0 amide bonds. The number of aromatic hydroxyl groups is 2. The monoisotopic (exact) mass is 348 g/mol. The minimum Gasteiger partial charge on any atom is -0.508 e. The van der Waals surface area contributed by atoms with E-state index in [1.165, 1.54) is 5.56 Å². The lowest BCUT2D eigenvalue weighted by atomic mass is 9.86. The number of halogens is 1. The van der Waals surface area contributed by atoms with E-state index in [1.54, 1.807) is 12.1 Å². The van der Waals surface area contributed by atoms with Crippen LogP contribution < -0.4 is 0 Å². The van der Waals surface area contributed by atoms with Gasteiger partial charge in [0.15, 0.2) is 0 Å². The highest BCUT2D eigenvalue weighted by atomic mass is 35.5. The predicted molar refractivity (Wildman–Crippen MR) is 103 cm³/mol. The molecule has 0 saturated heterocycles. The lowest BCUT2D eigenvalue weighted by molar-refractivity contribution is 0.446. The Morgan fingerprint density at radius 2 is 1.54 bits per heavy atom. The van der Waals surface area contributed by atoms with Gasteiger partial charge in [0.1, 0.15) is 11.5 Å². The second-order valence-corrected chi connectivity index (χ2v) is 7.92. The topological polar surface area (TPSA) is 40.5 Å². The third kappa shape index (κ3) is 5.17. The largest absolute Gasteiger partial charge is 0.508 e. The molecular formula is C21H29ClO2. The van der Waals surface area contributed by atoms with E-state index in [9.17, 15) is 10.2 Å². The molecule has 0 spiro atoms. The number of rotatable bonds is 1. The average molecular weight is 349 g/mol. The van der Waals surface area contributed by atoms with Gasteiger partial charge in [-0.05, 0) is 60.1 Å². The molecule has 0 unspecified atom stereocenters. The van der Waals surface area contributed by atoms with Gasteiger partial charge in [0.25, 0.3) is 0 Å². The van der Waals surface area contributed by atoms with Crippen LogP contribution in [0.5, 0.6) is 11.5 Å². The van der Waals surface area contributed by atoms with Crippen molar-refractivity contribution in [2.24, 2.45) is 0 Å². The summed E-state index contributed by atoms with van der Waals surface area (Å²) < 4.78 is 0. The zero-order chi connectivity index (χ0) is 18.7. The SMILES string of the molecule is Cc1c(O)cccc1C(C)C.Cc1cc(O)c(C(C)(C)C)cc1Cl. The summed E-state index contributed by atoms with van der Waals surface area (Å²) in [6, 6.07) is 9.22. The van der Waals surface area contributed by atoms with Gasteiger partial charge >= 0.3 is 0 Å². The van der Waals surface area contributed by atoms with Gasteiger partial charge in [-0.1, -0.05) is 58.4 Å². The minimum absolute atomic E-state index is 0.0680. The number of benzene rings is 2. The summed E-state index contributed by atoms with van der Waals surface area (Å²) in [5.41, 5.74) is 3.96. The molecule has 132 valence electrons. The zero-order valence-electron chi connectivity index (χ0n) is 15.7. The molecule has 24 heavy (non-hydrogen) atoms. The molecule has 0 saturated carbocycles. The Labute approximate surface area is 151 Å². The van der Waals surface area contributed by atoms with Crippen LogP contribution in [0.2, 0.25) is 5.02 Å².